The number of amides is 3. The number of carbonyl (C=O) groups excluding carboxylic acids is 4. The van der Waals surface area contributed by atoms with Crippen molar-refractivity contribution in [1.82, 2.24) is 4.90 Å². The molecule has 3 amide bonds. The van der Waals surface area contributed by atoms with Gasteiger partial charge in [-0.2, -0.15) is 0 Å². The van der Waals surface area contributed by atoms with Crippen LogP contribution >= 0.6 is 0 Å². The monoisotopic (exact) mass is 641 g/mol. The van der Waals surface area contributed by atoms with Gasteiger partial charge in [-0.15, -0.1) is 0 Å². The normalized spacial score (nSPS) is 23.7. The number of fused-ring (bicyclic) bond motifs is 4. The summed E-state index contributed by atoms with van der Waals surface area (Å²) < 4.78 is 0. The molecule has 47 heavy (non-hydrogen) atoms. The fraction of sp³-hybridized carbons (Fsp3) is 0.294. The highest BCUT2D eigenvalue weighted by molar-refractivity contribution is 6.24. The topological polar surface area (TPSA) is 206 Å². The van der Waals surface area contributed by atoms with E-state index in [9.17, 15) is 39.6 Å². The van der Waals surface area contributed by atoms with Gasteiger partial charge in [0, 0.05) is 36.7 Å². The first-order chi connectivity index (χ1) is 22.2. The summed E-state index contributed by atoms with van der Waals surface area (Å²) in [4.78, 5) is 56.1. The average molecular weight is 642 g/mol. The van der Waals surface area contributed by atoms with Gasteiger partial charge in [-0.25, -0.2) is 4.79 Å². The number of nitrogens with zero attached hydrogens (tertiary/aromatic N) is 2. The maximum absolute atomic E-state index is 14.2. The van der Waals surface area contributed by atoms with Gasteiger partial charge in [-0.1, -0.05) is 36.4 Å². The lowest BCUT2D eigenvalue weighted by Crippen LogP contribution is -2.65. The highest BCUT2D eigenvalue weighted by atomic mass is 16.3. The number of aromatic hydroxyl groups is 1. The van der Waals surface area contributed by atoms with Gasteiger partial charge in [0.1, 0.15) is 17.1 Å². The summed E-state index contributed by atoms with van der Waals surface area (Å²) in [6.07, 6.45) is 0.0743. The van der Waals surface area contributed by atoms with E-state index < -0.39 is 69.8 Å². The SMILES string of the molecule is CN(C)c1cc(NC(=O)Nc2cccc3ccccc23)c(O)c2c1C[C@H]1C[C@H]3[C@H](N(C)C)C(=O)C(C(N)=O)=C(O)[C@@]3(O)C(=O)C1=C2O. The lowest BCUT2D eigenvalue weighted by molar-refractivity contribution is -0.153. The van der Waals surface area contributed by atoms with E-state index in [1.807, 2.05) is 30.3 Å². The molecular formula is C34H35N5O8. The molecule has 1 saturated carbocycles. The van der Waals surface area contributed by atoms with Crippen molar-refractivity contribution in [1.29, 1.82) is 0 Å². The van der Waals surface area contributed by atoms with E-state index in [2.05, 4.69) is 10.6 Å². The molecule has 244 valence electrons. The average Bonchev–Trinajstić information content (AvgIpc) is 3.00. The zero-order valence-electron chi connectivity index (χ0n) is 26.2. The number of urea groups is 1. The van der Waals surface area contributed by atoms with Crippen LogP contribution in [0.1, 0.15) is 17.5 Å². The lowest BCUT2D eigenvalue weighted by atomic mass is 9.57. The fourth-order valence-electron chi connectivity index (χ4n) is 7.40. The molecule has 0 aliphatic heterocycles. The molecule has 4 atom stereocenters. The van der Waals surface area contributed by atoms with E-state index >= 15 is 0 Å². The summed E-state index contributed by atoms with van der Waals surface area (Å²) in [6, 6.07) is 12.6. The first-order valence-corrected chi connectivity index (χ1v) is 14.9. The number of anilines is 3. The van der Waals surface area contributed by atoms with Gasteiger partial charge in [0.25, 0.3) is 5.91 Å². The zero-order valence-corrected chi connectivity index (χ0v) is 26.2. The van der Waals surface area contributed by atoms with Crippen molar-refractivity contribution >= 4 is 57.1 Å². The van der Waals surface area contributed by atoms with Crippen LogP contribution in [0.3, 0.4) is 0 Å². The number of aliphatic hydroxyl groups excluding tert-OH is 2. The molecule has 3 aromatic carbocycles. The number of nitrogens with one attached hydrogen (secondary N) is 2. The Balaban J connectivity index is 1.45. The van der Waals surface area contributed by atoms with Gasteiger partial charge in [0.2, 0.25) is 5.78 Å². The number of likely N-dealkylation sites (N-methyl/N-ethyl adjacent to an activating group) is 1. The van der Waals surface area contributed by atoms with Crippen LogP contribution in [-0.2, 0) is 20.8 Å². The minimum absolute atomic E-state index is 0.0349. The largest absolute Gasteiger partial charge is 0.508 e. The van der Waals surface area contributed by atoms with Gasteiger partial charge >= 0.3 is 6.03 Å². The highest BCUT2D eigenvalue weighted by Gasteiger charge is 2.64. The third kappa shape index (κ3) is 4.69. The number of nitrogens with two attached hydrogens (primary N) is 1. The predicted octanol–water partition coefficient (Wildman–Crippen LogP) is 2.83. The molecule has 3 aliphatic rings. The number of ketones is 2. The number of hydrogen-bond acceptors (Lipinski definition) is 10. The quantitative estimate of drug-likeness (QED) is 0.160. The second-order valence-electron chi connectivity index (χ2n) is 12.6. The number of phenols is 1. The molecule has 13 heteroatoms. The van der Waals surface area contributed by atoms with Gasteiger partial charge in [0.05, 0.1) is 23.0 Å². The Kier molecular flexibility index (Phi) is 7.48. The third-order valence-corrected chi connectivity index (χ3v) is 9.47. The first kappa shape index (κ1) is 31.6. The van der Waals surface area contributed by atoms with Gasteiger partial charge in [0.15, 0.2) is 17.1 Å². The van der Waals surface area contributed by atoms with Gasteiger partial charge in [-0.3, -0.25) is 19.3 Å². The van der Waals surface area contributed by atoms with Crippen LogP contribution in [0.15, 0.2) is 65.4 Å². The summed E-state index contributed by atoms with van der Waals surface area (Å²) in [7, 11) is 6.56. The van der Waals surface area contributed by atoms with E-state index in [0.29, 0.717) is 16.9 Å². The van der Waals surface area contributed by atoms with Gasteiger partial charge < -0.3 is 41.7 Å². The van der Waals surface area contributed by atoms with Crippen LogP contribution in [0.5, 0.6) is 5.75 Å². The van der Waals surface area contributed by atoms with E-state index in [1.54, 1.807) is 51.3 Å². The Labute approximate surface area is 269 Å². The second kappa shape index (κ2) is 11.1. The minimum atomic E-state index is -2.75. The van der Waals surface area contributed by atoms with Crippen LogP contribution in [0.2, 0.25) is 0 Å². The minimum Gasteiger partial charge on any atom is -0.508 e. The molecule has 0 heterocycles. The zero-order chi connectivity index (χ0) is 34.1. The summed E-state index contributed by atoms with van der Waals surface area (Å²) in [5.74, 6) is -7.49. The smallest absolute Gasteiger partial charge is 0.323 e. The van der Waals surface area contributed by atoms with E-state index in [-0.39, 0.29) is 29.7 Å². The molecule has 0 bridgehead atoms. The maximum Gasteiger partial charge on any atom is 0.323 e. The van der Waals surface area contributed by atoms with Crippen LogP contribution in [0, 0.1) is 11.8 Å². The summed E-state index contributed by atoms with van der Waals surface area (Å²) in [6.45, 7) is 0. The van der Waals surface area contributed by atoms with E-state index in [4.69, 9.17) is 5.73 Å². The molecule has 0 spiro atoms. The highest BCUT2D eigenvalue weighted by Crippen LogP contribution is 2.54. The number of benzene rings is 3. The van der Waals surface area contributed by atoms with Crippen molar-refractivity contribution in [2.75, 3.05) is 43.7 Å². The van der Waals surface area contributed by atoms with Crippen LogP contribution in [0.4, 0.5) is 21.9 Å². The number of carbonyl (C=O) groups is 4. The summed E-state index contributed by atoms with van der Waals surface area (Å²) in [5, 5.41) is 53.2. The molecule has 6 rings (SSSR count). The molecule has 0 aromatic heterocycles. The van der Waals surface area contributed by atoms with E-state index in [0.717, 1.165) is 10.8 Å². The summed E-state index contributed by atoms with van der Waals surface area (Å²) >= 11 is 0. The van der Waals surface area contributed by atoms with Crippen molar-refractivity contribution in [3.05, 3.63) is 76.6 Å². The second-order valence-corrected chi connectivity index (χ2v) is 12.6. The van der Waals surface area contributed by atoms with Crippen LogP contribution in [0.25, 0.3) is 16.5 Å². The van der Waals surface area contributed by atoms with Crippen molar-refractivity contribution in [2.24, 2.45) is 17.6 Å². The van der Waals surface area contributed by atoms with E-state index in [1.165, 1.54) is 4.90 Å². The number of primary amides is 1. The standard InChI is InChI=1S/C34H35N5O8/c1-38(2)22-14-21(37-33(46)36-20-11-7-9-15-8-5-6-10-17(15)20)27(40)24-18(22)12-16-13-19-26(39(3)4)29(42)25(32(35)45)31(44)34(19,47)30(43)23(16)28(24)41/h5-11,14,16,19,26,40-41,44,47H,12-13H2,1-4H3,(H2,35,45)(H2,36,37,46)/t16-,19-,26-,34-/m0/s1. The van der Waals surface area contributed by atoms with Crippen molar-refractivity contribution in [3.63, 3.8) is 0 Å². The third-order valence-electron chi connectivity index (χ3n) is 9.47. The Bertz CT molecular complexity index is 1960. The maximum atomic E-state index is 14.2. The number of hydrogen-bond donors (Lipinski definition) is 7. The number of aliphatic hydroxyl groups is 3. The van der Waals surface area contributed by atoms with Crippen molar-refractivity contribution < 1.29 is 39.6 Å². The first-order valence-electron chi connectivity index (χ1n) is 14.9. The Morgan fingerprint density at radius 1 is 0.957 bits per heavy atom. The molecule has 3 aliphatic carbocycles. The molecule has 0 radical (unpaired) electrons. The van der Waals surface area contributed by atoms with Crippen molar-refractivity contribution in [3.8, 4) is 5.75 Å². The molecule has 0 saturated heterocycles. The number of phenolic OH excluding ortho intramolecular Hbond substituents is 1. The molecule has 8 N–H and O–H groups in total. The number of Topliss-reactive ketones (excluding diaryl/α,β-unsaturated/α-hetero) is 2. The molecule has 0 unspecified atom stereocenters. The molecular weight excluding hydrogens is 606 g/mol. The lowest BCUT2D eigenvalue weighted by Gasteiger charge is -2.50. The fourth-order valence-corrected chi connectivity index (χ4v) is 7.40. The Morgan fingerprint density at radius 3 is 2.28 bits per heavy atom. The van der Waals surface area contributed by atoms with Crippen LogP contribution < -0.4 is 21.3 Å². The Hall–Kier alpha value is -5.40. The molecule has 13 nitrogen and oxygen atoms in total. The number of rotatable bonds is 5. The predicted molar refractivity (Wildman–Crippen MR) is 175 cm³/mol. The Morgan fingerprint density at radius 2 is 1.62 bits per heavy atom. The van der Waals surface area contributed by atoms with Gasteiger partial charge in [-0.05, 0) is 55.9 Å². The van der Waals surface area contributed by atoms with Crippen LogP contribution in [-0.4, -0.2) is 88.7 Å². The molecule has 1 fully saturated rings. The molecule has 3 aromatic rings. The van der Waals surface area contributed by atoms with Crippen molar-refractivity contribution in [2.45, 2.75) is 24.5 Å². The summed E-state index contributed by atoms with van der Waals surface area (Å²) in [5.41, 5.74) is 2.81.